The van der Waals surface area contributed by atoms with Gasteiger partial charge in [0.25, 0.3) is 10.0 Å². The summed E-state index contributed by atoms with van der Waals surface area (Å²) in [5, 5.41) is -0.492. The summed E-state index contributed by atoms with van der Waals surface area (Å²) in [6.45, 7) is 1.68. The maximum Gasteiger partial charge on any atom is 0.421 e. The van der Waals surface area contributed by atoms with E-state index >= 15 is 0 Å². The van der Waals surface area contributed by atoms with Crippen LogP contribution in [0, 0.1) is 6.92 Å². The van der Waals surface area contributed by atoms with Gasteiger partial charge in [0, 0.05) is 31.1 Å². The third-order valence-corrected chi connectivity index (χ3v) is 8.65. The number of alkyl halides is 3. The smallest absolute Gasteiger partial charge is 0.421 e. The fraction of sp³-hybridized carbons (Fsp3) is 0.188. The van der Waals surface area contributed by atoms with Gasteiger partial charge >= 0.3 is 12.3 Å². The first-order valence-corrected chi connectivity index (χ1v) is 15.8. The van der Waals surface area contributed by atoms with E-state index in [1.165, 1.54) is 24.4 Å². The molecule has 238 valence electrons. The number of Topliss-reactive ketones (excluding diaryl/α,β-unsaturated/α-hetero) is 1. The van der Waals surface area contributed by atoms with Crippen LogP contribution in [0.25, 0.3) is 16.7 Å². The number of rotatable bonds is 10. The third kappa shape index (κ3) is 7.54. The van der Waals surface area contributed by atoms with Gasteiger partial charge in [0.15, 0.2) is 5.78 Å². The lowest BCUT2D eigenvalue weighted by molar-refractivity contribution is -0.137. The Morgan fingerprint density at radius 1 is 0.978 bits per heavy atom. The van der Waals surface area contributed by atoms with Crippen molar-refractivity contribution < 1.29 is 35.9 Å². The summed E-state index contributed by atoms with van der Waals surface area (Å²) in [5.41, 5.74) is 1.76. The number of fused-ring (bicyclic) bond motifs is 1. The van der Waals surface area contributed by atoms with Crippen LogP contribution in [0.1, 0.15) is 39.4 Å². The molecular weight excluding hydrogens is 645 g/mol. The number of hydrogen-bond donors (Lipinski definition) is 1. The maximum atomic E-state index is 13.6. The van der Waals surface area contributed by atoms with Crippen molar-refractivity contribution in [3.63, 3.8) is 0 Å². The molecule has 9 nitrogen and oxygen atoms in total. The standard InChI is InChI=1S/C32H26ClF3N4O5S/c1-20-5-11-23(12-6-20)46(43,44)39-31(42)45-17-15-21-7-9-22(10-8-21)40-28-19-25(33)24(32(34,35)36)18-27(28)38-30(40)14-13-29(41)26-4-2-3-16-37-26/h2-12,16,18-19H,13-15,17H2,1H3,(H,39,42). The Bertz CT molecular complexity index is 2000. The summed E-state index contributed by atoms with van der Waals surface area (Å²) in [6, 6.07) is 19.8. The predicted molar refractivity (Wildman–Crippen MR) is 165 cm³/mol. The van der Waals surface area contributed by atoms with E-state index in [-0.39, 0.29) is 47.8 Å². The van der Waals surface area contributed by atoms with E-state index in [9.17, 15) is 31.2 Å². The molecule has 14 heteroatoms. The number of halogens is 4. The van der Waals surface area contributed by atoms with Gasteiger partial charge in [0.05, 0.1) is 33.1 Å². The van der Waals surface area contributed by atoms with Crippen LogP contribution in [0.4, 0.5) is 18.0 Å². The number of carbonyl (C=O) groups is 2. The van der Waals surface area contributed by atoms with E-state index in [0.717, 1.165) is 17.2 Å². The van der Waals surface area contributed by atoms with Crippen LogP contribution in [0.3, 0.4) is 0 Å². The largest absolute Gasteiger partial charge is 0.448 e. The highest BCUT2D eigenvalue weighted by Gasteiger charge is 2.34. The van der Waals surface area contributed by atoms with Gasteiger partial charge in [-0.05, 0) is 61.0 Å². The number of nitrogens with one attached hydrogen (secondary N) is 1. The number of amides is 1. The van der Waals surface area contributed by atoms with Crippen molar-refractivity contribution in [2.24, 2.45) is 0 Å². The van der Waals surface area contributed by atoms with Gasteiger partial charge < -0.3 is 4.74 Å². The van der Waals surface area contributed by atoms with Crippen molar-refractivity contribution in [3.8, 4) is 5.69 Å². The van der Waals surface area contributed by atoms with E-state index in [1.807, 2.05) is 4.72 Å². The van der Waals surface area contributed by atoms with Crippen LogP contribution in [0.15, 0.2) is 90.0 Å². The molecule has 5 aromatic rings. The molecule has 0 aliphatic rings. The monoisotopic (exact) mass is 670 g/mol. The number of benzene rings is 3. The zero-order valence-corrected chi connectivity index (χ0v) is 25.8. The summed E-state index contributed by atoms with van der Waals surface area (Å²) in [6.07, 6.45) is -3.95. The molecule has 2 heterocycles. The molecule has 0 aliphatic heterocycles. The first-order valence-electron chi connectivity index (χ1n) is 13.9. The molecule has 0 radical (unpaired) electrons. The van der Waals surface area contributed by atoms with Gasteiger partial charge in [-0.25, -0.2) is 22.9 Å². The summed E-state index contributed by atoms with van der Waals surface area (Å²) in [4.78, 5) is 33.3. The van der Waals surface area contributed by atoms with Crippen LogP contribution >= 0.6 is 11.6 Å². The number of nitrogens with zero attached hydrogens (tertiary/aromatic N) is 3. The fourth-order valence-electron chi connectivity index (χ4n) is 4.69. The summed E-state index contributed by atoms with van der Waals surface area (Å²) < 4.78 is 74.1. The van der Waals surface area contributed by atoms with Crippen molar-refractivity contribution in [1.82, 2.24) is 19.3 Å². The molecular formula is C32H26ClF3N4O5S. The molecule has 0 aliphatic carbocycles. The Labute approximate surface area is 267 Å². The van der Waals surface area contributed by atoms with E-state index in [1.54, 1.807) is 66.1 Å². The minimum Gasteiger partial charge on any atom is -0.448 e. The second-order valence-electron chi connectivity index (χ2n) is 10.3. The minimum absolute atomic E-state index is 0.0112. The molecule has 0 saturated carbocycles. The van der Waals surface area contributed by atoms with Crippen LogP contribution in [0.2, 0.25) is 5.02 Å². The molecule has 0 saturated heterocycles. The highest BCUT2D eigenvalue weighted by Crippen LogP contribution is 2.38. The number of aromatic nitrogens is 3. The molecule has 0 unspecified atom stereocenters. The first kappa shape index (κ1) is 32.6. The molecule has 0 spiro atoms. The zero-order valence-electron chi connectivity index (χ0n) is 24.2. The Morgan fingerprint density at radius 2 is 1.70 bits per heavy atom. The number of ether oxygens (including phenoxy) is 1. The van der Waals surface area contributed by atoms with Crippen molar-refractivity contribution in [3.05, 3.63) is 118 Å². The van der Waals surface area contributed by atoms with Gasteiger partial charge in [-0.1, -0.05) is 47.5 Å². The van der Waals surface area contributed by atoms with Crippen molar-refractivity contribution in [2.45, 2.75) is 37.3 Å². The average Bonchev–Trinajstić information content (AvgIpc) is 3.36. The number of hydrogen-bond acceptors (Lipinski definition) is 7. The SMILES string of the molecule is Cc1ccc(S(=O)(=O)NC(=O)OCCc2ccc(-n3c(CCC(=O)c4ccccn4)nc4cc(C(F)(F)F)c(Cl)cc43)cc2)cc1. The van der Waals surface area contributed by atoms with Crippen LogP contribution < -0.4 is 4.72 Å². The third-order valence-electron chi connectivity index (χ3n) is 7.01. The van der Waals surface area contributed by atoms with Crippen molar-refractivity contribution in [1.29, 1.82) is 0 Å². The Morgan fingerprint density at radius 3 is 2.35 bits per heavy atom. The molecule has 1 amide bonds. The predicted octanol–water partition coefficient (Wildman–Crippen LogP) is 6.87. The van der Waals surface area contributed by atoms with Gasteiger partial charge in [-0.3, -0.25) is 14.3 Å². The molecule has 1 N–H and O–H groups in total. The van der Waals surface area contributed by atoms with E-state index < -0.39 is 32.9 Å². The highest BCUT2D eigenvalue weighted by atomic mass is 35.5. The molecule has 0 fully saturated rings. The quantitative estimate of drug-likeness (QED) is 0.161. The van der Waals surface area contributed by atoms with E-state index in [2.05, 4.69) is 9.97 Å². The number of sulfonamides is 1. The topological polar surface area (TPSA) is 120 Å². The molecule has 3 aromatic carbocycles. The lowest BCUT2D eigenvalue weighted by Crippen LogP contribution is -2.31. The Balaban J connectivity index is 1.32. The lowest BCUT2D eigenvalue weighted by atomic mass is 10.1. The zero-order chi connectivity index (χ0) is 33.1. The van der Waals surface area contributed by atoms with E-state index in [0.29, 0.717) is 17.0 Å². The molecule has 0 atom stereocenters. The Kier molecular flexibility index (Phi) is 9.44. The molecule has 46 heavy (non-hydrogen) atoms. The molecule has 0 bridgehead atoms. The van der Waals surface area contributed by atoms with Gasteiger partial charge in [0.2, 0.25) is 0 Å². The average molecular weight is 671 g/mol. The van der Waals surface area contributed by atoms with E-state index in [4.69, 9.17) is 16.3 Å². The fourth-order valence-corrected chi connectivity index (χ4v) is 5.85. The van der Waals surface area contributed by atoms with Crippen molar-refractivity contribution >= 4 is 44.5 Å². The van der Waals surface area contributed by atoms with Crippen LogP contribution in [-0.2, 0) is 33.8 Å². The number of carbonyl (C=O) groups excluding carboxylic acids is 2. The highest BCUT2D eigenvalue weighted by molar-refractivity contribution is 7.90. The minimum atomic E-state index is -4.68. The number of pyridine rings is 1. The second-order valence-corrected chi connectivity index (χ2v) is 12.4. The number of ketones is 1. The summed E-state index contributed by atoms with van der Waals surface area (Å²) in [7, 11) is -4.09. The normalized spacial score (nSPS) is 11.8. The van der Waals surface area contributed by atoms with Crippen LogP contribution in [-0.4, -0.2) is 41.4 Å². The Hall–Kier alpha value is -4.75. The van der Waals surface area contributed by atoms with Gasteiger partial charge in [-0.15, -0.1) is 0 Å². The van der Waals surface area contributed by atoms with Gasteiger partial charge in [-0.2, -0.15) is 13.2 Å². The summed E-state index contributed by atoms with van der Waals surface area (Å²) >= 11 is 6.05. The van der Waals surface area contributed by atoms with Crippen molar-refractivity contribution in [2.75, 3.05) is 6.61 Å². The second kappa shape index (κ2) is 13.3. The number of imidazole rings is 1. The molecule has 2 aromatic heterocycles. The lowest BCUT2D eigenvalue weighted by Gasteiger charge is -2.12. The number of aryl methyl sites for hydroxylation is 2. The first-order chi connectivity index (χ1) is 21.8. The molecule has 5 rings (SSSR count). The van der Waals surface area contributed by atoms with Gasteiger partial charge in [0.1, 0.15) is 11.5 Å². The maximum absolute atomic E-state index is 13.6. The summed E-state index contributed by atoms with van der Waals surface area (Å²) in [5.74, 6) is 0.0940. The van der Waals surface area contributed by atoms with Crippen LogP contribution in [0.5, 0.6) is 0 Å².